The summed E-state index contributed by atoms with van der Waals surface area (Å²) in [6, 6.07) is 6.78. The molecular weight excluding hydrogens is 325 g/mol. The number of pyridine rings is 1. The average Bonchev–Trinajstić information content (AvgIpc) is 3.04. The van der Waals surface area contributed by atoms with Gasteiger partial charge in [0.1, 0.15) is 17.2 Å². The van der Waals surface area contributed by atoms with Gasteiger partial charge in [0.25, 0.3) is 0 Å². The molecule has 9 heteroatoms. The minimum atomic E-state index is -0.382. The van der Waals surface area contributed by atoms with Gasteiger partial charge in [-0.15, -0.1) is 5.10 Å². The van der Waals surface area contributed by atoms with E-state index in [-0.39, 0.29) is 12.4 Å². The summed E-state index contributed by atoms with van der Waals surface area (Å²) >= 11 is 0. The van der Waals surface area contributed by atoms with Gasteiger partial charge in [-0.3, -0.25) is 4.98 Å². The van der Waals surface area contributed by atoms with Crippen LogP contribution in [-0.4, -0.2) is 40.9 Å². The molecule has 0 bridgehead atoms. The van der Waals surface area contributed by atoms with Gasteiger partial charge in [-0.1, -0.05) is 16.4 Å². The Morgan fingerprint density at radius 3 is 3.04 bits per heavy atom. The molecule has 8 nitrogen and oxygen atoms in total. The lowest BCUT2D eigenvalue weighted by Gasteiger charge is -2.06. The van der Waals surface area contributed by atoms with Crippen LogP contribution in [-0.2, 0) is 6.54 Å². The summed E-state index contributed by atoms with van der Waals surface area (Å²) in [7, 11) is 0. The fraction of sp³-hybridized carbons (Fsp3) is 0.125. The third-order valence-electron chi connectivity index (χ3n) is 3.84. The van der Waals surface area contributed by atoms with Crippen molar-refractivity contribution < 1.29 is 9.60 Å². The van der Waals surface area contributed by atoms with Gasteiger partial charge in [0.15, 0.2) is 5.65 Å². The number of rotatable bonds is 3. The first-order valence-corrected chi connectivity index (χ1v) is 7.44. The topological polar surface area (TPSA) is 102 Å². The standard InChI is InChI=1S/C16H12FN7O/c1-9(22-25)14-7-19-15-16(20-14)24(23-21-15)8-11-5-10-3-2-4-18-13(10)6-12(11)17/h2-7,25H,8H2,1H3/b22-9-. The zero-order chi connectivity index (χ0) is 17.4. The van der Waals surface area contributed by atoms with Crippen LogP contribution in [0.4, 0.5) is 4.39 Å². The molecule has 0 spiro atoms. The summed E-state index contributed by atoms with van der Waals surface area (Å²) in [4.78, 5) is 12.6. The Hall–Kier alpha value is -3.49. The highest BCUT2D eigenvalue weighted by Crippen LogP contribution is 2.19. The molecule has 25 heavy (non-hydrogen) atoms. The lowest BCUT2D eigenvalue weighted by molar-refractivity contribution is 0.319. The molecule has 0 saturated heterocycles. The van der Waals surface area contributed by atoms with E-state index in [9.17, 15) is 4.39 Å². The van der Waals surface area contributed by atoms with E-state index < -0.39 is 0 Å². The molecule has 0 aliphatic rings. The summed E-state index contributed by atoms with van der Waals surface area (Å²) < 4.78 is 15.8. The fourth-order valence-electron chi connectivity index (χ4n) is 2.51. The third kappa shape index (κ3) is 2.65. The highest BCUT2D eigenvalue weighted by Gasteiger charge is 2.13. The van der Waals surface area contributed by atoms with Gasteiger partial charge in [0, 0.05) is 23.2 Å². The van der Waals surface area contributed by atoms with Gasteiger partial charge in [-0.2, -0.15) is 0 Å². The Morgan fingerprint density at radius 2 is 2.20 bits per heavy atom. The monoisotopic (exact) mass is 337 g/mol. The number of nitrogens with zero attached hydrogens (tertiary/aromatic N) is 7. The molecule has 4 aromatic rings. The number of hydrogen-bond acceptors (Lipinski definition) is 7. The van der Waals surface area contributed by atoms with Crippen molar-refractivity contribution in [1.29, 1.82) is 0 Å². The Morgan fingerprint density at radius 1 is 1.32 bits per heavy atom. The van der Waals surface area contributed by atoms with Crippen LogP contribution in [0.2, 0.25) is 0 Å². The maximum atomic E-state index is 14.4. The highest BCUT2D eigenvalue weighted by molar-refractivity contribution is 5.97. The maximum absolute atomic E-state index is 14.4. The predicted octanol–water partition coefficient (Wildman–Crippen LogP) is 2.16. The van der Waals surface area contributed by atoms with E-state index in [0.717, 1.165) is 5.39 Å². The fourth-order valence-corrected chi connectivity index (χ4v) is 2.51. The normalized spacial score (nSPS) is 12.2. The molecule has 1 N–H and O–H groups in total. The van der Waals surface area contributed by atoms with Gasteiger partial charge in [0.2, 0.25) is 5.65 Å². The molecule has 0 aliphatic heterocycles. The maximum Gasteiger partial charge on any atom is 0.221 e. The van der Waals surface area contributed by atoms with E-state index in [4.69, 9.17) is 5.21 Å². The zero-order valence-electron chi connectivity index (χ0n) is 13.1. The van der Waals surface area contributed by atoms with Crippen molar-refractivity contribution in [3.05, 3.63) is 53.7 Å². The number of oxime groups is 1. The molecule has 0 aliphatic carbocycles. The van der Waals surface area contributed by atoms with Crippen LogP contribution >= 0.6 is 0 Å². The van der Waals surface area contributed by atoms with Crippen LogP contribution < -0.4 is 0 Å². The number of hydrogen-bond donors (Lipinski definition) is 1. The van der Waals surface area contributed by atoms with Crippen molar-refractivity contribution in [1.82, 2.24) is 29.9 Å². The van der Waals surface area contributed by atoms with E-state index >= 15 is 0 Å². The first-order valence-electron chi connectivity index (χ1n) is 7.44. The molecule has 0 unspecified atom stereocenters. The van der Waals surface area contributed by atoms with E-state index in [1.807, 2.05) is 6.07 Å². The Bertz CT molecular complexity index is 1120. The van der Waals surface area contributed by atoms with Crippen LogP contribution in [0, 0.1) is 5.82 Å². The van der Waals surface area contributed by atoms with Crippen LogP contribution in [0.5, 0.6) is 0 Å². The molecule has 0 fully saturated rings. The van der Waals surface area contributed by atoms with Crippen molar-refractivity contribution in [2.24, 2.45) is 5.16 Å². The summed E-state index contributed by atoms with van der Waals surface area (Å²) in [6.45, 7) is 1.74. The van der Waals surface area contributed by atoms with Crippen molar-refractivity contribution in [3.63, 3.8) is 0 Å². The van der Waals surface area contributed by atoms with Crippen LogP contribution in [0.3, 0.4) is 0 Å². The van der Waals surface area contributed by atoms with Gasteiger partial charge < -0.3 is 5.21 Å². The van der Waals surface area contributed by atoms with E-state index in [2.05, 4.69) is 30.4 Å². The van der Waals surface area contributed by atoms with Crippen molar-refractivity contribution >= 4 is 27.9 Å². The second-order valence-corrected chi connectivity index (χ2v) is 5.47. The van der Waals surface area contributed by atoms with E-state index in [1.54, 1.807) is 25.3 Å². The minimum Gasteiger partial charge on any atom is -0.411 e. The SMILES string of the molecule is C/C(=N/O)c1cnc2nnn(Cc3cc4cccnc4cc3F)c2n1. The smallest absolute Gasteiger partial charge is 0.221 e. The molecule has 3 heterocycles. The van der Waals surface area contributed by atoms with Gasteiger partial charge in [-0.05, 0) is 19.1 Å². The second-order valence-electron chi connectivity index (χ2n) is 5.47. The second kappa shape index (κ2) is 5.86. The number of benzene rings is 1. The number of aromatic nitrogens is 6. The van der Waals surface area contributed by atoms with Gasteiger partial charge >= 0.3 is 0 Å². The minimum absolute atomic E-state index is 0.140. The predicted molar refractivity (Wildman–Crippen MR) is 87.9 cm³/mol. The highest BCUT2D eigenvalue weighted by atomic mass is 19.1. The zero-order valence-corrected chi connectivity index (χ0v) is 13.1. The molecule has 124 valence electrons. The summed E-state index contributed by atoms with van der Waals surface area (Å²) in [5, 5.41) is 20.8. The number of halogens is 1. The quantitative estimate of drug-likeness (QED) is 0.349. The molecule has 3 aromatic heterocycles. The van der Waals surface area contributed by atoms with Crippen LogP contribution in [0.25, 0.3) is 22.2 Å². The van der Waals surface area contributed by atoms with E-state index in [1.165, 1.54) is 16.9 Å². The lowest BCUT2D eigenvalue weighted by atomic mass is 10.1. The van der Waals surface area contributed by atoms with Crippen LogP contribution in [0.15, 0.2) is 41.8 Å². The van der Waals surface area contributed by atoms with Crippen molar-refractivity contribution in [2.45, 2.75) is 13.5 Å². The molecule has 0 amide bonds. The first-order chi connectivity index (χ1) is 12.2. The van der Waals surface area contributed by atoms with Crippen LogP contribution in [0.1, 0.15) is 18.2 Å². The first kappa shape index (κ1) is 15.1. The molecule has 0 radical (unpaired) electrons. The summed E-state index contributed by atoms with van der Waals surface area (Å²) in [5.74, 6) is -0.382. The Kier molecular flexibility index (Phi) is 3.53. The van der Waals surface area contributed by atoms with Gasteiger partial charge in [0.05, 0.1) is 18.3 Å². The Labute approximate surface area is 140 Å². The molecular formula is C16H12FN7O. The van der Waals surface area contributed by atoms with Crippen molar-refractivity contribution in [2.75, 3.05) is 0 Å². The lowest BCUT2D eigenvalue weighted by Crippen LogP contribution is -2.07. The molecule has 4 rings (SSSR count). The number of fused-ring (bicyclic) bond motifs is 2. The average molecular weight is 337 g/mol. The van der Waals surface area contributed by atoms with E-state index in [0.29, 0.717) is 33.8 Å². The third-order valence-corrected chi connectivity index (χ3v) is 3.84. The van der Waals surface area contributed by atoms with Gasteiger partial charge in [-0.25, -0.2) is 19.0 Å². The molecule has 0 saturated carbocycles. The largest absolute Gasteiger partial charge is 0.411 e. The summed E-state index contributed by atoms with van der Waals surface area (Å²) in [6.07, 6.45) is 3.06. The summed E-state index contributed by atoms with van der Waals surface area (Å²) in [5.41, 5.74) is 2.44. The Balaban J connectivity index is 1.79. The molecule has 0 atom stereocenters. The molecule has 1 aromatic carbocycles. The van der Waals surface area contributed by atoms with Crippen molar-refractivity contribution in [3.8, 4) is 0 Å².